The van der Waals surface area contributed by atoms with Crippen LogP contribution in [0.4, 0.5) is 5.69 Å². The SMILES string of the molecule is CS(=O)(=O)N1CCCC[C@@H]1C(=O)Nc1ccc(-n2cccn2)nc1. The van der Waals surface area contributed by atoms with E-state index >= 15 is 0 Å². The zero-order valence-corrected chi connectivity index (χ0v) is 14.1. The highest BCUT2D eigenvalue weighted by molar-refractivity contribution is 7.88. The number of sulfonamides is 1. The fourth-order valence-corrected chi connectivity index (χ4v) is 3.91. The molecular weight excluding hydrogens is 330 g/mol. The average Bonchev–Trinajstić information content (AvgIpc) is 3.09. The molecule has 9 heteroatoms. The van der Waals surface area contributed by atoms with Crippen molar-refractivity contribution in [2.24, 2.45) is 0 Å². The minimum Gasteiger partial charge on any atom is -0.323 e. The summed E-state index contributed by atoms with van der Waals surface area (Å²) in [5.74, 6) is 0.308. The fraction of sp³-hybridized carbons (Fsp3) is 0.400. The van der Waals surface area contributed by atoms with Crippen molar-refractivity contribution >= 4 is 21.6 Å². The molecule has 1 N–H and O–H groups in total. The Morgan fingerprint density at radius 1 is 1.33 bits per heavy atom. The molecule has 3 rings (SSSR count). The molecule has 24 heavy (non-hydrogen) atoms. The van der Waals surface area contributed by atoms with Crippen LogP contribution in [0.5, 0.6) is 0 Å². The zero-order valence-electron chi connectivity index (χ0n) is 13.3. The van der Waals surface area contributed by atoms with Gasteiger partial charge in [0.05, 0.1) is 18.1 Å². The molecule has 1 aliphatic rings. The number of carbonyl (C=O) groups is 1. The minimum absolute atomic E-state index is 0.325. The van der Waals surface area contributed by atoms with Gasteiger partial charge in [-0.1, -0.05) is 6.42 Å². The highest BCUT2D eigenvalue weighted by Crippen LogP contribution is 2.21. The number of anilines is 1. The van der Waals surface area contributed by atoms with E-state index in [9.17, 15) is 13.2 Å². The highest BCUT2D eigenvalue weighted by atomic mass is 32.2. The van der Waals surface area contributed by atoms with Crippen molar-refractivity contribution < 1.29 is 13.2 Å². The molecule has 0 radical (unpaired) electrons. The topological polar surface area (TPSA) is 97.2 Å². The summed E-state index contributed by atoms with van der Waals surface area (Å²) in [5, 5.41) is 6.83. The van der Waals surface area contributed by atoms with Gasteiger partial charge in [0, 0.05) is 18.9 Å². The number of rotatable bonds is 4. The number of amides is 1. The molecule has 128 valence electrons. The fourth-order valence-electron chi connectivity index (χ4n) is 2.79. The lowest BCUT2D eigenvalue weighted by atomic mass is 10.0. The first-order valence-corrected chi connectivity index (χ1v) is 9.54. The van der Waals surface area contributed by atoms with E-state index in [0.29, 0.717) is 24.5 Å². The molecule has 2 aromatic heterocycles. The molecular formula is C15H19N5O3S. The van der Waals surface area contributed by atoms with Gasteiger partial charge in [0.25, 0.3) is 0 Å². The summed E-state index contributed by atoms with van der Waals surface area (Å²) in [6.45, 7) is 0.382. The summed E-state index contributed by atoms with van der Waals surface area (Å²) >= 11 is 0. The van der Waals surface area contributed by atoms with Gasteiger partial charge >= 0.3 is 0 Å². The van der Waals surface area contributed by atoms with E-state index in [1.54, 1.807) is 35.3 Å². The molecule has 0 spiro atoms. The van der Waals surface area contributed by atoms with Crippen molar-refractivity contribution in [3.8, 4) is 5.82 Å². The third-order valence-electron chi connectivity index (χ3n) is 3.94. The molecule has 0 bridgehead atoms. The smallest absolute Gasteiger partial charge is 0.242 e. The maximum absolute atomic E-state index is 12.5. The van der Waals surface area contributed by atoms with Gasteiger partial charge in [-0.05, 0) is 31.0 Å². The van der Waals surface area contributed by atoms with Crippen LogP contribution in [-0.4, -0.2) is 52.2 Å². The van der Waals surface area contributed by atoms with Crippen LogP contribution in [0.2, 0.25) is 0 Å². The number of aromatic nitrogens is 3. The van der Waals surface area contributed by atoms with Crippen molar-refractivity contribution in [1.82, 2.24) is 19.1 Å². The van der Waals surface area contributed by atoms with E-state index in [2.05, 4.69) is 15.4 Å². The number of hydrogen-bond acceptors (Lipinski definition) is 5. The number of carbonyl (C=O) groups excluding carboxylic acids is 1. The summed E-state index contributed by atoms with van der Waals surface area (Å²) in [6, 6.07) is 4.58. The first-order valence-electron chi connectivity index (χ1n) is 7.69. The monoisotopic (exact) mass is 349 g/mol. The van der Waals surface area contributed by atoms with E-state index in [1.165, 1.54) is 10.5 Å². The Morgan fingerprint density at radius 2 is 2.17 bits per heavy atom. The number of nitrogens with one attached hydrogen (secondary N) is 1. The molecule has 1 amide bonds. The Labute approximate surface area is 140 Å². The van der Waals surface area contributed by atoms with Gasteiger partial charge in [-0.25, -0.2) is 18.1 Å². The minimum atomic E-state index is -3.40. The Balaban J connectivity index is 1.72. The molecule has 1 saturated heterocycles. The second-order valence-electron chi connectivity index (χ2n) is 5.73. The lowest BCUT2D eigenvalue weighted by Gasteiger charge is -2.32. The van der Waals surface area contributed by atoms with E-state index in [0.717, 1.165) is 19.1 Å². The number of nitrogens with zero attached hydrogens (tertiary/aromatic N) is 4. The molecule has 1 atom stereocenters. The highest BCUT2D eigenvalue weighted by Gasteiger charge is 2.34. The van der Waals surface area contributed by atoms with Crippen LogP contribution < -0.4 is 5.32 Å². The molecule has 0 aromatic carbocycles. The molecule has 3 heterocycles. The maximum atomic E-state index is 12.5. The molecule has 1 fully saturated rings. The van der Waals surface area contributed by atoms with Gasteiger partial charge < -0.3 is 5.32 Å². The van der Waals surface area contributed by atoms with Crippen LogP contribution in [0.25, 0.3) is 5.82 Å². The summed E-state index contributed by atoms with van der Waals surface area (Å²) in [6.07, 6.45) is 8.23. The molecule has 1 aliphatic heterocycles. The number of pyridine rings is 1. The lowest BCUT2D eigenvalue weighted by molar-refractivity contribution is -0.120. The second kappa shape index (κ2) is 6.70. The lowest BCUT2D eigenvalue weighted by Crippen LogP contribution is -2.49. The summed E-state index contributed by atoms with van der Waals surface area (Å²) in [7, 11) is -3.40. The quantitative estimate of drug-likeness (QED) is 0.889. The van der Waals surface area contributed by atoms with E-state index in [-0.39, 0.29) is 5.91 Å². The molecule has 8 nitrogen and oxygen atoms in total. The van der Waals surface area contributed by atoms with Crippen molar-refractivity contribution in [3.05, 3.63) is 36.8 Å². The van der Waals surface area contributed by atoms with Crippen LogP contribution in [-0.2, 0) is 14.8 Å². The Bertz CT molecular complexity index is 802. The van der Waals surface area contributed by atoms with Crippen molar-refractivity contribution in [3.63, 3.8) is 0 Å². The van der Waals surface area contributed by atoms with Gasteiger partial charge in [0.1, 0.15) is 6.04 Å². The summed E-state index contributed by atoms with van der Waals surface area (Å²) < 4.78 is 26.6. The predicted molar refractivity (Wildman–Crippen MR) is 89.2 cm³/mol. The van der Waals surface area contributed by atoms with Crippen LogP contribution in [0.15, 0.2) is 36.8 Å². The van der Waals surface area contributed by atoms with Gasteiger partial charge in [-0.2, -0.15) is 9.40 Å². The van der Waals surface area contributed by atoms with Crippen LogP contribution in [0, 0.1) is 0 Å². The Hall–Kier alpha value is -2.26. The van der Waals surface area contributed by atoms with Gasteiger partial charge in [0.2, 0.25) is 15.9 Å². The number of piperidine rings is 1. The summed E-state index contributed by atoms with van der Waals surface area (Å²) in [5.41, 5.74) is 0.523. The molecule has 0 saturated carbocycles. The molecule has 0 aliphatic carbocycles. The normalized spacial score (nSPS) is 19.1. The van der Waals surface area contributed by atoms with Crippen molar-refractivity contribution in [2.75, 3.05) is 18.1 Å². The van der Waals surface area contributed by atoms with E-state index in [1.807, 2.05) is 0 Å². The zero-order chi connectivity index (χ0) is 17.2. The first-order chi connectivity index (χ1) is 11.4. The summed E-state index contributed by atoms with van der Waals surface area (Å²) in [4.78, 5) is 16.7. The Kier molecular flexibility index (Phi) is 4.63. The average molecular weight is 349 g/mol. The standard InChI is InChI=1S/C15H19N5O3S/c1-24(22,23)20-10-3-2-5-13(20)15(21)18-12-6-7-14(16-11-12)19-9-4-8-17-19/h4,6-9,11,13H,2-3,5,10H2,1H3,(H,18,21)/t13-/m1/s1. The van der Waals surface area contributed by atoms with Gasteiger partial charge in [0.15, 0.2) is 5.82 Å². The third kappa shape index (κ3) is 3.62. The van der Waals surface area contributed by atoms with Crippen molar-refractivity contribution in [1.29, 1.82) is 0 Å². The van der Waals surface area contributed by atoms with Crippen LogP contribution in [0.1, 0.15) is 19.3 Å². The van der Waals surface area contributed by atoms with Crippen LogP contribution >= 0.6 is 0 Å². The predicted octanol–water partition coefficient (Wildman–Crippen LogP) is 1.02. The largest absolute Gasteiger partial charge is 0.323 e. The van der Waals surface area contributed by atoms with Crippen LogP contribution in [0.3, 0.4) is 0 Å². The van der Waals surface area contributed by atoms with E-state index in [4.69, 9.17) is 0 Å². The van der Waals surface area contributed by atoms with Gasteiger partial charge in [-0.3, -0.25) is 4.79 Å². The van der Waals surface area contributed by atoms with Gasteiger partial charge in [-0.15, -0.1) is 0 Å². The van der Waals surface area contributed by atoms with Crippen molar-refractivity contribution in [2.45, 2.75) is 25.3 Å². The first kappa shape index (κ1) is 16.6. The number of hydrogen-bond donors (Lipinski definition) is 1. The molecule has 2 aromatic rings. The molecule has 0 unspecified atom stereocenters. The second-order valence-corrected chi connectivity index (χ2v) is 7.67. The maximum Gasteiger partial charge on any atom is 0.242 e. The third-order valence-corrected chi connectivity index (χ3v) is 5.23. The Morgan fingerprint density at radius 3 is 2.79 bits per heavy atom. The van der Waals surface area contributed by atoms with E-state index < -0.39 is 16.1 Å².